The minimum Gasteiger partial charge on any atom is -0.326 e. The highest BCUT2D eigenvalue weighted by atomic mass is 19.4. The van der Waals surface area contributed by atoms with Crippen LogP contribution in [-0.2, 0) is 25.9 Å². The SMILES string of the molecule is CCc1nn(CCC(F)(F)F)c(CC)c1CN. The molecule has 2 N–H and O–H groups in total. The van der Waals surface area contributed by atoms with E-state index in [-0.39, 0.29) is 6.54 Å². The smallest absolute Gasteiger partial charge is 0.326 e. The average Bonchev–Trinajstić information content (AvgIpc) is 2.62. The van der Waals surface area contributed by atoms with Crippen LogP contribution >= 0.6 is 0 Å². The van der Waals surface area contributed by atoms with Crippen molar-refractivity contribution in [3.05, 3.63) is 17.0 Å². The second-order valence-corrected chi connectivity index (χ2v) is 3.87. The fourth-order valence-corrected chi connectivity index (χ4v) is 1.92. The Hall–Kier alpha value is -1.04. The van der Waals surface area contributed by atoms with Gasteiger partial charge in [0.2, 0.25) is 0 Å². The summed E-state index contributed by atoms with van der Waals surface area (Å²) in [5.41, 5.74) is 8.16. The summed E-state index contributed by atoms with van der Waals surface area (Å²) >= 11 is 0. The molecule has 1 aromatic heterocycles. The number of nitrogens with zero attached hydrogens (tertiary/aromatic N) is 2. The standard InChI is InChI=1S/C11H18F3N3/c1-3-9-8(7-15)10(4-2)17(16-9)6-5-11(12,13)14/h3-7,15H2,1-2H3. The van der Waals surface area contributed by atoms with E-state index in [1.54, 1.807) is 0 Å². The van der Waals surface area contributed by atoms with Gasteiger partial charge in [-0.25, -0.2) is 0 Å². The number of halogens is 3. The van der Waals surface area contributed by atoms with Gasteiger partial charge in [0.1, 0.15) is 0 Å². The first-order valence-corrected chi connectivity index (χ1v) is 5.77. The maximum absolute atomic E-state index is 12.2. The molecule has 0 bridgehead atoms. The lowest BCUT2D eigenvalue weighted by atomic mass is 10.1. The van der Waals surface area contributed by atoms with Crippen LogP contribution in [0.3, 0.4) is 0 Å². The minimum atomic E-state index is -4.15. The normalized spacial score (nSPS) is 12.1. The van der Waals surface area contributed by atoms with Crippen molar-refractivity contribution in [1.82, 2.24) is 9.78 Å². The molecule has 0 radical (unpaired) electrons. The van der Waals surface area contributed by atoms with Gasteiger partial charge in [0, 0.05) is 24.3 Å². The Morgan fingerprint density at radius 3 is 2.29 bits per heavy atom. The van der Waals surface area contributed by atoms with Crippen molar-refractivity contribution in [3.8, 4) is 0 Å². The zero-order chi connectivity index (χ0) is 13.1. The van der Waals surface area contributed by atoms with Crippen LogP contribution in [0.2, 0.25) is 0 Å². The van der Waals surface area contributed by atoms with Crippen LogP contribution < -0.4 is 5.73 Å². The molecular formula is C11H18F3N3. The molecule has 3 nitrogen and oxygen atoms in total. The first kappa shape index (κ1) is 14.0. The van der Waals surface area contributed by atoms with Gasteiger partial charge in [0.25, 0.3) is 0 Å². The fourth-order valence-electron chi connectivity index (χ4n) is 1.92. The molecule has 6 heteroatoms. The minimum absolute atomic E-state index is 0.125. The molecule has 0 amide bonds. The van der Waals surface area contributed by atoms with Crippen molar-refractivity contribution in [3.63, 3.8) is 0 Å². The molecule has 98 valence electrons. The van der Waals surface area contributed by atoms with Crippen LogP contribution in [0.1, 0.15) is 37.2 Å². The van der Waals surface area contributed by atoms with Gasteiger partial charge in [0.15, 0.2) is 0 Å². The number of aromatic nitrogens is 2. The van der Waals surface area contributed by atoms with Crippen LogP contribution in [0.5, 0.6) is 0 Å². The van der Waals surface area contributed by atoms with E-state index in [1.165, 1.54) is 4.68 Å². The third-order valence-corrected chi connectivity index (χ3v) is 2.73. The molecule has 0 saturated heterocycles. The van der Waals surface area contributed by atoms with E-state index in [2.05, 4.69) is 5.10 Å². The Morgan fingerprint density at radius 1 is 1.24 bits per heavy atom. The van der Waals surface area contributed by atoms with Gasteiger partial charge in [-0.1, -0.05) is 13.8 Å². The van der Waals surface area contributed by atoms with E-state index >= 15 is 0 Å². The molecular weight excluding hydrogens is 231 g/mol. The molecule has 0 unspecified atom stereocenters. The van der Waals surface area contributed by atoms with Gasteiger partial charge in [-0.2, -0.15) is 18.3 Å². The molecule has 1 rings (SSSR count). The highest BCUT2D eigenvalue weighted by Gasteiger charge is 2.27. The van der Waals surface area contributed by atoms with Crippen LogP contribution in [0.15, 0.2) is 0 Å². The summed E-state index contributed by atoms with van der Waals surface area (Å²) in [7, 11) is 0. The molecule has 0 aliphatic heterocycles. The van der Waals surface area contributed by atoms with Gasteiger partial charge in [-0.3, -0.25) is 4.68 Å². The number of rotatable bonds is 5. The predicted octanol–water partition coefficient (Wildman–Crippen LogP) is 2.42. The summed E-state index contributed by atoms with van der Waals surface area (Å²) in [6.45, 7) is 4.03. The van der Waals surface area contributed by atoms with Gasteiger partial charge in [0.05, 0.1) is 12.1 Å². The lowest BCUT2D eigenvalue weighted by molar-refractivity contribution is -0.137. The van der Waals surface area contributed by atoms with Gasteiger partial charge in [-0.05, 0) is 12.8 Å². The zero-order valence-electron chi connectivity index (χ0n) is 10.1. The van der Waals surface area contributed by atoms with E-state index in [9.17, 15) is 13.2 Å². The maximum atomic E-state index is 12.2. The Bertz CT molecular complexity index is 369. The second kappa shape index (κ2) is 5.53. The Labute approximate surface area is 98.8 Å². The summed E-state index contributed by atoms with van der Waals surface area (Å²) in [6, 6.07) is 0. The zero-order valence-corrected chi connectivity index (χ0v) is 10.1. The summed E-state index contributed by atoms with van der Waals surface area (Å²) in [5.74, 6) is 0. The van der Waals surface area contributed by atoms with Crippen molar-refractivity contribution in [1.29, 1.82) is 0 Å². The molecule has 0 saturated carbocycles. The van der Waals surface area contributed by atoms with Crippen LogP contribution in [0, 0.1) is 0 Å². The number of alkyl halides is 3. The summed E-state index contributed by atoms with van der Waals surface area (Å²) < 4.78 is 38.0. The molecule has 0 atom stereocenters. The first-order chi connectivity index (χ1) is 7.92. The first-order valence-electron chi connectivity index (χ1n) is 5.77. The second-order valence-electron chi connectivity index (χ2n) is 3.87. The Balaban J connectivity index is 2.95. The summed E-state index contributed by atoms with van der Waals surface area (Å²) in [5, 5.41) is 4.21. The van der Waals surface area contributed by atoms with E-state index in [0.29, 0.717) is 19.4 Å². The van der Waals surface area contributed by atoms with E-state index in [1.807, 2.05) is 13.8 Å². The quantitative estimate of drug-likeness (QED) is 0.871. The van der Waals surface area contributed by atoms with Gasteiger partial charge >= 0.3 is 6.18 Å². The number of hydrogen-bond donors (Lipinski definition) is 1. The number of hydrogen-bond acceptors (Lipinski definition) is 2. The highest BCUT2D eigenvalue weighted by Crippen LogP contribution is 2.22. The lowest BCUT2D eigenvalue weighted by Gasteiger charge is -2.09. The van der Waals surface area contributed by atoms with Crippen molar-refractivity contribution in [2.75, 3.05) is 0 Å². The largest absolute Gasteiger partial charge is 0.390 e. The topological polar surface area (TPSA) is 43.8 Å². The monoisotopic (exact) mass is 249 g/mol. The van der Waals surface area contributed by atoms with Crippen molar-refractivity contribution in [2.45, 2.75) is 52.4 Å². The van der Waals surface area contributed by atoms with E-state index in [4.69, 9.17) is 5.73 Å². The van der Waals surface area contributed by atoms with Crippen molar-refractivity contribution >= 4 is 0 Å². The molecule has 0 spiro atoms. The van der Waals surface area contributed by atoms with Crippen LogP contribution in [0.25, 0.3) is 0 Å². The lowest BCUT2D eigenvalue weighted by Crippen LogP contribution is -2.15. The summed E-state index contributed by atoms with van der Waals surface area (Å²) in [4.78, 5) is 0. The number of aryl methyl sites for hydroxylation is 2. The van der Waals surface area contributed by atoms with Crippen LogP contribution in [-0.4, -0.2) is 16.0 Å². The molecule has 0 fully saturated rings. The molecule has 0 aromatic carbocycles. The number of nitrogens with two attached hydrogens (primary N) is 1. The molecule has 1 aromatic rings. The third kappa shape index (κ3) is 3.46. The third-order valence-electron chi connectivity index (χ3n) is 2.73. The molecule has 17 heavy (non-hydrogen) atoms. The maximum Gasteiger partial charge on any atom is 0.390 e. The highest BCUT2D eigenvalue weighted by molar-refractivity contribution is 5.26. The predicted molar refractivity (Wildman–Crippen MR) is 59.5 cm³/mol. The van der Waals surface area contributed by atoms with Crippen LogP contribution in [0.4, 0.5) is 13.2 Å². The summed E-state index contributed by atoms with van der Waals surface area (Å²) in [6.07, 6.45) is -3.66. The Kier molecular flexibility index (Phi) is 4.56. The fraction of sp³-hybridized carbons (Fsp3) is 0.727. The Morgan fingerprint density at radius 2 is 1.88 bits per heavy atom. The van der Waals surface area contributed by atoms with E-state index in [0.717, 1.165) is 17.0 Å². The molecule has 1 heterocycles. The average molecular weight is 249 g/mol. The van der Waals surface area contributed by atoms with E-state index < -0.39 is 12.6 Å². The van der Waals surface area contributed by atoms with Crippen molar-refractivity contribution in [2.24, 2.45) is 5.73 Å². The van der Waals surface area contributed by atoms with Gasteiger partial charge < -0.3 is 5.73 Å². The molecule has 0 aliphatic rings. The molecule has 0 aliphatic carbocycles. The van der Waals surface area contributed by atoms with Gasteiger partial charge in [-0.15, -0.1) is 0 Å². The van der Waals surface area contributed by atoms with Crippen molar-refractivity contribution < 1.29 is 13.2 Å².